The third-order valence-electron chi connectivity index (χ3n) is 2.96. The molecule has 0 aliphatic rings. The van der Waals surface area contributed by atoms with Crippen LogP contribution < -0.4 is 11.1 Å². The molecule has 2 aromatic rings. The van der Waals surface area contributed by atoms with Crippen molar-refractivity contribution in [2.75, 3.05) is 16.8 Å². The molecule has 21 heavy (non-hydrogen) atoms. The van der Waals surface area contributed by atoms with Gasteiger partial charge in [-0.3, -0.25) is 4.79 Å². The quantitative estimate of drug-likeness (QED) is 0.653. The molecule has 3 N–H and O–H groups in total. The van der Waals surface area contributed by atoms with Gasteiger partial charge in [0.25, 0.3) is 0 Å². The zero-order chi connectivity index (χ0) is 15.4. The molecule has 5 heteroatoms. The fourth-order valence-corrected chi connectivity index (χ4v) is 2.98. The lowest BCUT2D eigenvalue weighted by Gasteiger charge is -2.09. The van der Waals surface area contributed by atoms with E-state index in [0.29, 0.717) is 16.5 Å². The van der Waals surface area contributed by atoms with E-state index in [0.717, 1.165) is 21.7 Å². The number of hydrogen-bond donors (Lipinski definition) is 2. The molecule has 2 rings (SSSR count). The standard InChI is InChI=1S/C16H17ClN2OS/c1-10-3-5-14(13(17)7-10)19-16(20)9-21-15-6-4-12(18)8-11(15)2/h3-8H,9,18H2,1-2H3,(H,19,20). The molecule has 0 unspecified atom stereocenters. The maximum atomic E-state index is 12.0. The van der Waals surface area contributed by atoms with Crippen molar-refractivity contribution in [1.29, 1.82) is 0 Å². The third kappa shape index (κ3) is 4.41. The Morgan fingerprint density at radius 3 is 2.67 bits per heavy atom. The van der Waals surface area contributed by atoms with E-state index in [9.17, 15) is 4.79 Å². The summed E-state index contributed by atoms with van der Waals surface area (Å²) in [6.07, 6.45) is 0. The summed E-state index contributed by atoms with van der Waals surface area (Å²) >= 11 is 7.58. The van der Waals surface area contributed by atoms with Crippen LogP contribution in [0.2, 0.25) is 5.02 Å². The van der Waals surface area contributed by atoms with E-state index in [4.69, 9.17) is 17.3 Å². The highest BCUT2D eigenvalue weighted by Gasteiger charge is 2.08. The topological polar surface area (TPSA) is 55.1 Å². The summed E-state index contributed by atoms with van der Waals surface area (Å²) in [6.45, 7) is 3.94. The van der Waals surface area contributed by atoms with Crippen molar-refractivity contribution < 1.29 is 4.79 Å². The molecule has 0 aliphatic carbocycles. The van der Waals surface area contributed by atoms with Gasteiger partial charge in [0.15, 0.2) is 0 Å². The fourth-order valence-electron chi connectivity index (χ4n) is 1.89. The third-order valence-corrected chi connectivity index (χ3v) is 4.44. The van der Waals surface area contributed by atoms with E-state index >= 15 is 0 Å². The number of hydrogen-bond acceptors (Lipinski definition) is 3. The van der Waals surface area contributed by atoms with Crippen molar-refractivity contribution in [3.05, 3.63) is 52.5 Å². The molecule has 0 radical (unpaired) electrons. The minimum absolute atomic E-state index is 0.0815. The SMILES string of the molecule is Cc1ccc(NC(=O)CSc2ccc(N)cc2C)c(Cl)c1. The van der Waals surface area contributed by atoms with Gasteiger partial charge in [-0.1, -0.05) is 17.7 Å². The predicted octanol–water partition coefficient (Wildman–Crippen LogP) is 4.27. The van der Waals surface area contributed by atoms with Crippen molar-refractivity contribution in [3.63, 3.8) is 0 Å². The molecule has 0 saturated carbocycles. The van der Waals surface area contributed by atoms with Crippen LogP contribution in [-0.4, -0.2) is 11.7 Å². The predicted molar refractivity (Wildman–Crippen MR) is 91.1 cm³/mol. The Hall–Kier alpha value is -1.65. The minimum Gasteiger partial charge on any atom is -0.399 e. The number of carbonyl (C=O) groups is 1. The summed E-state index contributed by atoms with van der Waals surface area (Å²) in [4.78, 5) is 13.0. The summed E-state index contributed by atoms with van der Waals surface area (Å²) in [6, 6.07) is 11.2. The van der Waals surface area contributed by atoms with E-state index < -0.39 is 0 Å². The molecule has 0 aromatic heterocycles. The first kappa shape index (κ1) is 15.7. The molecule has 0 spiro atoms. The number of amides is 1. The number of carbonyl (C=O) groups excluding carboxylic acids is 1. The van der Waals surface area contributed by atoms with Gasteiger partial charge in [-0.2, -0.15) is 0 Å². The zero-order valence-corrected chi connectivity index (χ0v) is 13.5. The van der Waals surface area contributed by atoms with Crippen molar-refractivity contribution >= 4 is 40.6 Å². The number of benzene rings is 2. The second kappa shape index (κ2) is 6.87. The van der Waals surface area contributed by atoms with Crippen molar-refractivity contribution in [2.24, 2.45) is 0 Å². The number of nitrogen functional groups attached to an aromatic ring is 1. The highest BCUT2D eigenvalue weighted by atomic mass is 35.5. The molecule has 0 aliphatic heterocycles. The molecule has 1 amide bonds. The van der Waals surface area contributed by atoms with Crippen LogP contribution >= 0.6 is 23.4 Å². The highest BCUT2D eigenvalue weighted by molar-refractivity contribution is 8.00. The molecular formula is C16H17ClN2OS. The lowest BCUT2D eigenvalue weighted by Crippen LogP contribution is -2.14. The minimum atomic E-state index is -0.0815. The van der Waals surface area contributed by atoms with E-state index in [1.165, 1.54) is 11.8 Å². The smallest absolute Gasteiger partial charge is 0.234 e. The Labute approximate surface area is 133 Å². The normalized spacial score (nSPS) is 10.4. The van der Waals surface area contributed by atoms with Gasteiger partial charge < -0.3 is 11.1 Å². The monoisotopic (exact) mass is 320 g/mol. The number of anilines is 2. The lowest BCUT2D eigenvalue weighted by atomic mass is 10.2. The Bertz CT molecular complexity index is 673. The van der Waals surface area contributed by atoms with Gasteiger partial charge >= 0.3 is 0 Å². The summed E-state index contributed by atoms with van der Waals surface area (Å²) in [5.41, 5.74) is 9.21. The summed E-state index contributed by atoms with van der Waals surface area (Å²) < 4.78 is 0. The fraction of sp³-hybridized carbons (Fsp3) is 0.188. The number of nitrogens with two attached hydrogens (primary N) is 1. The highest BCUT2D eigenvalue weighted by Crippen LogP contribution is 2.26. The largest absolute Gasteiger partial charge is 0.399 e. The molecule has 0 saturated heterocycles. The van der Waals surface area contributed by atoms with E-state index in [2.05, 4.69) is 5.32 Å². The van der Waals surface area contributed by atoms with Crippen LogP contribution in [0.4, 0.5) is 11.4 Å². The average Bonchev–Trinajstić information content (AvgIpc) is 2.41. The van der Waals surface area contributed by atoms with Crippen LogP contribution in [0.15, 0.2) is 41.3 Å². The van der Waals surface area contributed by atoms with Crippen LogP contribution in [0.3, 0.4) is 0 Å². The van der Waals surface area contributed by atoms with Crippen LogP contribution in [0.1, 0.15) is 11.1 Å². The van der Waals surface area contributed by atoms with Gasteiger partial charge in [0.1, 0.15) is 0 Å². The first-order valence-electron chi connectivity index (χ1n) is 6.50. The van der Waals surface area contributed by atoms with Crippen molar-refractivity contribution in [2.45, 2.75) is 18.7 Å². The van der Waals surface area contributed by atoms with Gasteiger partial charge in [0, 0.05) is 10.6 Å². The van der Waals surface area contributed by atoms with Crippen molar-refractivity contribution in [3.8, 4) is 0 Å². The van der Waals surface area contributed by atoms with Gasteiger partial charge in [-0.25, -0.2) is 0 Å². The van der Waals surface area contributed by atoms with Gasteiger partial charge in [-0.15, -0.1) is 11.8 Å². The Kier molecular flexibility index (Phi) is 5.15. The van der Waals surface area contributed by atoms with Crippen LogP contribution in [-0.2, 0) is 4.79 Å². The molecular weight excluding hydrogens is 304 g/mol. The maximum Gasteiger partial charge on any atom is 0.234 e. The zero-order valence-electron chi connectivity index (χ0n) is 11.9. The lowest BCUT2D eigenvalue weighted by molar-refractivity contribution is -0.113. The number of halogens is 1. The molecule has 3 nitrogen and oxygen atoms in total. The second-order valence-corrected chi connectivity index (χ2v) is 6.27. The van der Waals surface area contributed by atoms with Gasteiger partial charge in [-0.05, 0) is 55.3 Å². The van der Waals surface area contributed by atoms with Crippen LogP contribution in [0.5, 0.6) is 0 Å². The maximum absolute atomic E-state index is 12.0. The summed E-state index contributed by atoms with van der Waals surface area (Å²) in [5, 5.41) is 3.37. The number of thioether (sulfide) groups is 1. The van der Waals surface area contributed by atoms with Gasteiger partial charge in [0.05, 0.1) is 16.5 Å². The Morgan fingerprint density at radius 1 is 1.24 bits per heavy atom. The Balaban J connectivity index is 1.96. The Morgan fingerprint density at radius 2 is 2.00 bits per heavy atom. The molecule has 2 aromatic carbocycles. The number of rotatable bonds is 4. The van der Waals surface area contributed by atoms with Crippen LogP contribution in [0, 0.1) is 13.8 Å². The summed E-state index contributed by atoms with van der Waals surface area (Å²) in [5.74, 6) is 0.247. The van der Waals surface area contributed by atoms with E-state index in [-0.39, 0.29) is 5.91 Å². The molecule has 0 fully saturated rings. The van der Waals surface area contributed by atoms with Gasteiger partial charge in [0.2, 0.25) is 5.91 Å². The second-order valence-electron chi connectivity index (χ2n) is 4.85. The first-order valence-corrected chi connectivity index (χ1v) is 7.87. The molecule has 110 valence electrons. The molecule has 0 bridgehead atoms. The number of nitrogens with one attached hydrogen (secondary N) is 1. The van der Waals surface area contributed by atoms with Crippen molar-refractivity contribution in [1.82, 2.24) is 0 Å². The average molecular weight is 321 g/mol. The molecule has 0 heterocycles. The number of aryl methyl sites for hydroxylation is 2. The van der Waals surface area contributed by atoms with E-state index in [1.54, 1.807) is 0 Å². The van der Waals surface area contributed by atoms with E-state index in [1.807, 2.05) is 50.2 Å². The van der Waals surface area contributed by atoms with Crippen LogP contribution in [0.25, 0.3) is 0 Å². The molecule has 0 atom stereocenters. The first-order chi connectivity index (χ1) is 9.95. The summed E-state index contributed by atoms with van der Waals surface area (Å²) in [7, 11) is 0.